The van der Waals surface area contributed by atoms with E-state index in [1.165, 1.54) is 6.92 Å². The Bertz CT molecular complexity index is 706. The number of nitriles is 1. The Morgan fingerprint density at radius 2 is 2.00 bits per heavy atom. The molecular weight excluding hydrogens is 254 g/mol. The van der Waals surface area contributed by atoms with Gasteiger partial charge in [-0.15, -0.1) is 0 Å². The van der Waals surface area contributed by atoms with E-state index in [2.05, 4.69) is 10.2 Å². The summed E-state index contributed by atoms with van der Waals surface area (Å²) in [6, 6.07) is 9.47. The van der Waals surface area contributed by atoms with Gasteiger partial charge in [0.2, 0.25) is 0 Å². The second-order valence-corrected chi connectivity index (χ2v) is 4.64. The van der Waals surface area contributed by atoms with Crippen molar-refractivity contribution in [3.63, 3.8) is 0 Å². The molecule has 2 rings (SSSR count). The highest BCUT2D eigenvalue weighted by atomic mass is 16.5. The molecule has 0 aliphatic rings. The molecule has 1 unspecified atom stereocenters. The van der Waals surface area contributed by atoms with Crippen LogP contribution >= 0.6 is 0 Å². The molecule has 102 valence electrons. The van der Waals surface area contributed by atoms with Crippen LogP contribution in [-0.4, -0.2) is 22.8 Å². The predicted molar refractivity (Wildman–Crippen MR) is 73.9 cm³/mol. The van der Waals surface area contributed by atoms with Crippen LogP contribution in [0.15, 0.2) is 24.3 Å². The highest BCUT2D eigenvalue weighted by molar-refractivity contribution is 5.94. The first-order valence-corrected chi connectivity index (χ1v) is 6.35. The molecule has 0 spiro atoms. The SMILES string of the molecule is CCOC(=O)C(C)(C#N)c1nnc(C)c2ccccc12. The van der Waals surface area contributed by atoms with Crippen molar-refractivity contribution in [2.75, 3.05) is 6.61 Å². The van der Waals surface area contributed by atoms with Gasteiger partial charge in [0.15, 0.2) is 5.41 Å². The summed E-state index contributed by atoms with van der Waals surface area (Å²) in [5.74, 6) is -0.606. The van der Waals surface area contributed by atoms with Crippen LogP contribution in [0.1, 0.15) is 25.2 Å². The van der Waals surface area contributed by atoms with Crippen LogP contribution < -0.4 is 0 Å². The normalized spacial score (nSPS) is 13.5. The van der Waals surface area contributed by atoms with Gasteiger partial charge in [0.25, 0.3) is 0 Å². The topological polar surface area (TPSA) is 75.9 Å². The van der Waals surface area contributed by atoms with Gasteiger partial charge in [0.1, 0.15) is 5.69 Å². The van der Waals surface area contributed by atoms with E-state index in [1.54, 1.807) is 6.92 Å². The fourth-order valence-electron chi connectivity index (χ4n) is 2.08. The fourth-order valence-corrected chi connectivity index (χ4v) is 2.08. The van der Waals surface area contributed by atoms with Crippen molar-refractivity contribution in [1.82, 2.24) is 10.2 Å². The molecule has 1 atom stereocenters. The average Bonchev–Trinajstić information content (AvgIpc) is 2.47. The number of hydrogen-bond donors (Lipinski definition) is 0. The first-order chi connectivity index (χ1) is 9.54. The van der Waals surface area contributed by atoms with E-state index in [9.17, 15) is 10.1 Å². The number of rotatable bonds is 3. The van der Waals surface area contributed by atoms with Gasteiger partial charge in [-0.05, 0) is 20.8 Å². The molecule has 0 aliphatic heterocycles. The number of hydrogen-bond acceptors (Lipinski definition) is 5. The first kappa shape index (κ1) is 13.9. The molecule has 0 saturated carbocycles. The first-order valence-electron chi connectivity index (χ1n) is 6.35. The molecule has 0 saturated heterocycles. The van der Waals surface area contributed by atoms with Gasteiger partial charge in [-0.3, -0.25) is 0 Å². The predicted octanol–water partition coefficient (Wildman–Crippen LogP) is 2.28. The molecule has 0 aliphatic carbocycles. The van der Waals surface area contributed by atoms with E-state index >= 15 is 0 Å². The zero-order chi connectivity index (χ0) is 14.8. The maximum Gasteiger partial charge on any atom is 0.332 e. The number of esters is 1. The van der Waals surface area contributed by atoms with Crippen molar-refractivity contribution in [3.8, 4) is 6.07 Å². The number of benzene rings is 1. The minimum Gasteiger partial charge on any atom is -0.465 e. The minimum absolute atomic E-state index is 0.216. The van der Waals surface area contributed by atoms with Crippen LogP contribution in [0.4, 0.5) is 0 Å². The van der Waals surface area contributed by atoms with Crippen LogP contribution in [0.2, 0.25) is 0 Å². The van der Waals surface area contributed by atoms with Gasteiger partial charge in [0, 0.05) is 10.8 Å². The Morgan fingerprint density at radius 1 is 1.35 bits per heavy atom. The van der Waals surface area contributed by atoms with E-state index < -0.39 is 11.4 Å². The lowest BCUT2D eigenvalue weighted by Gasteiger charge is -2.20. The molecule has 5 heteroatoms. The third kappa shape index (κ3) is 2.10. The van der Waals surface area contributed by atoms with Crippen LogP contribution in [0.25, 0.3) is 10.8 Å². The van der Waals surface area contributed by atoms with E-state index in [1.807, 2.05) is 37.3 Å². The Labute approximate surface area is 117 Å². The lowest BCUT2D eigenvalue weighted by Crippen LogP contribution is -2.34. The highest BCUT2D eigenvalue weighted by Crippen LogP contribution is 2.30. The number of aryl methyl sites for hydroxylation is 1. The summed E-state index contributed by atoms with van der Waals surface area (Å²) in [4.78, 5) is 12.1. The number of carbonyl (C=O) groups excluding carboxylic acids is 1. The van der Waals surface area contributed by atoms with Gasteiger partial charge < -0.3 is 4.74 Å². The average molecular weight is 269 g/mol. The van der Waals surface area contributed by atoms with Crippen LogP contribution in [-0.2, 0) is 14.9 Å². The molecule has 20 heavy (non-hydrogen) atoms. The maximum absolute atomic E-state index is 12.1. The van der Waals surface area contributed by atoms with E-state index in [4.69, 9.17) is 4.74 Å². The van der Waals surface area contributed by atoms with Crippen molar-refractivity contribution >= 4 is 16.7 Å². The minimum atomic E-state index is -1.46. The van der Waals surface area contributed by atoms with Gasteiger partial charge in [-0.25, -0.2) is 4.79 Å². The summed E-state index contributed by atoms with van der Waals surface area (Å²) in [6.07, 6.45) is 0. The summed E-state index contributed by atoms with van der Waals surface area (Å²) in [5.41, 5.74) is -0.371. The second kappa shape index (κ2) is 5.25. The van der Waals surface area contributed by atoms with E-state index in [0.29, 0.717) is 5.69 Å². The molecule has 1 aromatic heterocycles. The van der Waals surface area contributed by atoms with Gasteiger partial charge in [-0.1, -0.05) is 24.3 Å². The van der Waals surface area contributed by atoms with Gasteiger partial charge >= 0.3 is 5.97 Å². The number of aromatic nitrogens is 2. The van der Waals surface area contributed by atoms with Gasteiger partial charge in [-0.2, -0.15) is 15.5 Å². The molecule has 2 aromatic rings. The lowest BCUT2D eigenvalue weighted by atomic mass is 9.85. The molecule has 1 heterocycles. The highest BCUT2D eigenvalue weighted by Gasteiger charge is 2.40. The van der Waals surface area contributed by atoms with Crippen LogP contribution in [0.5, 0.6) is 0 Å². The van der Waals surface area contributed by atoms with Crippen molar-refractivity contribution in [3.05, 3.63) is 35.7 Å². The number of nitrogens with zero attached hydrogens (tertiary/aromatic N) is 3. The summed E-state index contributed by atoms with van der Waals surface area (Å²) in [7, 11) is 0. The molecule has 0 radical (unpaired) electrons. The standard InChI is InChI=1S/C15H15N3O2/c1-4-20-14(19)15(3,9-16)13-12-8-6-5-7-11(12)10(2)17-18-13/h5-8H,4H2,1-3H3. The number of fused-ring (bicyclic) bond motifs is 1. The van der Waals surface area contributed by atoms with E-state index in [-0.39, 0.29) is 6.61 Å². The molecule has 0 bridgehead atoms. The number of ether oxygens (including phenoxy) is 1. The lowest BCUT2D eigenvalue weighted by molar-refractivity contribution is -0.147. The third-order valence-electron chi connectivity index (χ3n) is 3.25. The monoisotopic (exact) mass is 269 g/mol. The smallest absolute Gasteiger partial charge is 0.332 e. The molecule has 0 fully saturated rings. The van der Waals surface area contributed by atoms with Crippen molar-refractivity contribution in [2.24, 2.45) is 0 Å². The summed E-state index contributed by atoms with van der Waals surface area (Å²) in [5, 5.41) is 19.2. The molecule has 0 N–H and O–H groups in total. The Balaban J connectivity index is 2.71. The molecule has 1 aromatic carbocycles. The Morgan fingerprint density at radius 3 is 2.60 bits per heavy atom. The zero-order valence-corrected chi connectivity index (χ0v) is 11.7. The van der Waals surface area contributed by atoms with E-state index in [0.717, 1.165) is 16.5 Å². The van der Waals surface area contributed by atoms with Crippen molar-refractivity contribution in [1.29, 1.82) is 5.26 Å². The third-order valence-corrected chi connectivity index (χ3v) is 3.25. The second-order valence-electron chi connectivity index (χ2n) is 4.64. The zero-order valence-electron chi connectivity index (χ0n) is 11.7. The summed E-state index contributed by atoms with van der Waals surface area (Å²) >= 11 is 0. The van der Waals surface area contributed by atoms with Crippen LogP contribution in [0, 0.1) is 18.3 Å². The van der Waals surface area contributed by atoms with Crippen molar-refractivity contribution < 1.29 is 9.53 Å². The molecular formula is C15H15N3O2. The molecule has 0 amide bonds. The van der Waals surface area contributed by atoms with Gasteiger partial charge in [0.05, 0.1) is 18.4 Å². The molecule has 5 nitrogen and oxygen atoms in total. The van der Waals surface area contributed by atoms with Crippen molar-refractivity contribution in [2.45, 2.75) is 26.2 Å². The Kier molecular flexibility index (Phi) is 3.66. The quantitative estimate of drug-likeness (QED) is 0.799. The van der Waals surface area contributed by atoms with Crippen LogP contribution in [0.3, 0.4) is 0 Å². The Hall–Kier alpha value is -2.48. The maximum atomic E-state index is 12.1. The summed E-state index contributed by atoms with van der Waals surface area (Å²) in [6.45, 7) is 5.27. The largest absolute Gasteiger partial charge is 0.465 e. The summed E-state index contributed by atoms with van der Waals surface area (Å²) < 4.78 is 5.00. The number of carbonyl (C=O) groups is 1. The fraction of sp³-hybridized carbons (Fsp3) is 0.333.